The minimum absolute atomic E-state index is 0.190. The Morgan fingerprint density at radius 2 is 2.04 bits per heavy atom. The van der Waals surface area contributed by atoms with Gasteiger partial charge in [-0.1, -0.05) is 0 Å². The summed E-state index contributed by atoms with van der Waals surface area (Å²) in [7, 11) is 1.94. The number of imidazole rings is 1. The molecule has 4 heterocycles. The van der Waals surface area contributed by atoms with Crippen LogP contribution in [0.2, 0.25) is 0 Å². The number of nitrogens with zero attached hydrogens (tertiary/aromatic N) is 5. The van der Waals surface area contributed by atoms with Crippen LogP contribution in [0.15, 0.2) is 42.9 Å². The first-order valence-corrected chi connectivity index (χ1v) is 9.24. The van der Waals surface area contributed by atoms with Gasteiger partial charge in [0.05, 0.1) is 24.6 Å². The summed E-state index contributed by atoms with van der Waals surface area (Å²) in [6, 6.07) is 6.61. The molecule has 0 saturated carbocycles. The van der Waals surface area contributed by atoms with Crippen LogP contribution in [-0.2, 0) is 31.5 Å². The summed E-state index contributed by atoms with van der Waals surface area (Å²) in [4.78, 5) is 6.95. The molecule has 2 aliphatic rings. The Morgan fingerprint density at radius 3 is 2.81 bits per heavy atom. The Bertz CT molecular complexity index is 963. The Balaban J connectivity index is 1.36. The van der Waals surface area contributed by atoms with Gasteiger partial charge in [0.25, 0.3) is 0 Å². The lowest BCUT2D eigenvalue weighted by Crippen LogP contribution is -2.44. The highest BCUT2D eigenvalue weighted by atomic mass is 19.1. The van der Waals surface area contributed by atoms with Crippen molar-refractivity contribution in [1.82, 2.24) is 24.2 Å². The second-order valence-electron chi connectivity index (χ2n) is 7.61. The van der Waals surface area contributed by atoms with Gasteiger partial charge in [-0.2, -0.15) is 5.10 Å². The van der Waals surface area contributed by atoms with Gasteiger partial charge in [0.15, 0.2) is 0 Å². The molecule has 1 saturated heterocycles. The summed E-state index contributed by atoms with van der Waals surface area (Å²) in [5, 5.41) is 4.26. The number of ether oxygens (including phenoxy) is 1. The van der Waals surface area contributed by atoms with Crippen LogP contribution in [0.3, 0.4) is 0 Å². The van der Waals surface area contributed by atoms with Crippen LogP contribution in [0.1, 0.15) is 17.8 Å². The number of benzene rings is 1. The smallest absolute Gasteiger partial charge is 0.135 e. The minimum atomic E-state index is -0.223. The van der Waals surface area contributed by atoms with E-state index in [-0.39, 0.29) is 11.4 Å². The number of fused-ring (bicyclic) bond motifs is 1. The van der Waals surface area contributed by atoms with Crippen LogP contribution in [0.25, 0.3) is 11.3 Å². The summed E-state index contributed by atoms with van der Waals surface area (Å²) in [5.41, 5.74) is 3.04. The normalized spacial score (nSPS) is 22.4. The second-order valence-corrected chi connectivity index (χ2v) is 7.61. The van der Waals surface area contributed by atoms with E-state index in [4.69, 9.17) is 4.74 Å². The third-order valence-electron chi connectivity index (χ3n) is 5.59. The fourth-order valence-corrected chi connectivity index (χ4v) is 4.23. The Hall–Kier alpha value is -2.51. The summed E-state index contributed by atoms with van der Waals surface area (Å²) in [5.74, 6) is 0.712. The number of aromatic nitrogens is 4. The number of halogens is 1. The fourth-order valence-electron chi connectivity index (χ4n) is 4.23. The van der Waals surface area contributed by atoms with E-state index < -0.39 is 0 Å². The molecule has 0 unspecified atom stereocenters. The molecule has 27 heavy (non-hydrogen) atoms. The summed E-state index contributed by atoms with van der Waals surface area (Å²) in [6.45, 7) is 4.08. The minimum Gasteiger partial charge on any atom is -0.364 e. The molecule has 1 spiro atoms. The van der Waals surface area contributed by atoms with Crippen LogP contribution < -0.4 is 0 Å². The van der Waals surface area contributed by atoms with Gasteiger partial charge in [-0.15, -0.1) is 0 Å². The molecule has 1 atom stereocenters. The van der Waals surface area contributed by atoms with Crippen molar-refractivity contribution >= 4 is 0 Å². The predicted molar refractivity (Wildman–Crippen MR) is 98.2 cm³/mol. The van der Waals surface area contributed by atoms with Crippen molar-refractivity contribution in [1.29, 1.82) is 0 Å². The molecule has 3 aromatic rings. The highest BCUT2D eigenvalue weighted by molar-refractivity contribution is 5.59. The monoisotopic (exact) mass is 367 g/mol. The molecular weight excluding hydrogens is 345 g/mol. The maximum absolute atomic E-state index is 13.3. The maximum atomic E-state index is 13.3. The number of hydrogen-bond acceptors (Lipinski definition) is 4. The molecule has 2 aromatic heterocycles. The van der Waals surface area contributed by atoms with Crippen molar-refractivity contribution in [2.45, 2.75) is 31.7 Å². The molecule has 5 rings (SSSR count). The Labute approximate surface area is 157 Å². The zero-order valence-corrected chi connectivity index (χ0v) is 15.3. The molecule has 0 radical (unpaired) electrons. The quantitative estimate of drug-likeness (QED) is 0.714. The third-order valence-corrected chi connectivity index (χ3v) is 5.59. The average molecular weight is 367 g/mol. The number of hydrogen-bond donors (Lipinski definition) is 0. The lowest BCUT2D eigenvalue weighted by atomic mass is 10.0. The molecule has 2 aliphatic heterocycles. The zero-order chi connectivity index (χ0) is 18.4. The highest BCUT2D eigenvalue weighted by Crippen LogP contribution is 2.35. The largest absolute Gasteiger partial charge is 0.364 e. The lowest BCUT2D eigenvalue weighted by Gasteiger charge is -2.35. The lowest BCUT2D eigenvalue weighted by molar-refractivity contribution is -0.0821. The van der Waals surface area contributed by atoms with E-state index in [1.807, 2.05) is 36.3 Å². The van der Waals surface area contributed by atoms with E-state index >= 15 is 0 Å². The molecule has 0 bridgehead atoms. The summed E-state index contributed by atoms with van der Waals surface area (Å²) >= 11 is 0. The molecule has 0 aliphatic carbocycles. The van der Waals surface area contributed by atoms with Crippen LogP contribution in [0, 0.1) is 5.82 Å². The van der Waals surface area contributed by atoms with Crippen molar-refractivity contribution in [2.24, 2.45) is 7.05 Å². The van der Waals surface area contributed by atoms with Crippen molar-refractivity contribution in [2.75, 3.05) is 13.1 Å². The van der Waals surface area contributed by atoms with E-state index in [1.165, 1.54) is 17.7 Å². The van der Waals surface area contributed by atoms with Crippen LogP contribution in [0.5, 0.6) is 0 Å². The molecule has 0 amide bonds. The van der Waals surface area contributed by atoms with Crippen molar-refractivity contribution in [3.8, 4) is 11.3 Å². The summed E-state index contributed by atoms with van der Waals surface area (Å²) < 4.78 is 23.6. The molecule has 6 nitrogen and oxygen atoms in total. The van der Waals surface area contributed by atoms with Gasteiger partial charge in [-0.25, -0.2) is 9.37 Å². The van der Waals surface area contributed by atoms with Gasteiger partial charge < -0.3 is 9.30 Å². The maximum Gasteiger partial charge on any atom is 0.135 e. The topological polar surface area (TPSA) is 48.1 Å². The van der Waals surface area contributed by atoms with E-state index in [0.29, 0.717) is 6.61 Å². The Morgan fingerprint density at radius 1 is 1.19 bits per heavy atom. The van der Waals surface area contributed by atoms with Gasteiger partial charge in [0.1, 0.15) is 23.8 Å². The van der Waals surface area contributed by atoms with Crippen molar-refractivity contribution in [3.63, 3.8) is 0 Å². The van der Waals surface area contributed by atoms with E-state index in [0.717, 1.165) is 49.7 Å². The van der Waals surface area contributed by atoms with E-state index in [9.17, 15) is 4.39 Å². The van der Waals surface area contributed by atoms with Crippen LogP contribution in [-0.4, -0.2) is 42.9 Å². The molecule has 7 heteroatoms. The first kappa shape index (κ1) is 16.6. The summed E-state index contributed by atoms with van der Waals surface area (Å²) in [6.07, 6.45) is 6.85. The number of aryl methyl sites for hydroxylation is 1. The van der Waals surface area contributed by atoms with Gasteiger partial charge in [0, 0.05) is 38.4 Å². The molecule has 140 valence electrons. The number of likely N-dealkylation sites (tertiary alicyclic amines) is 1. The van der Waals surface area contributed by atoms with E-state index in [2.05, 4.69) is 25.7 Å². The Kier molecular flexibility index (Phi) is 3.87. The fraction of sp³-hybridized carbons (Fsp3) is 0.400. The standard InChI is InChI=1S/C20H22FN5O/c1-24-10-15(8-23-24)11-25-7-6-20(13-25)14-26-18(9-22-19(26)12-27-20)16-2-4-17(21)5-3-16/h2-5,8-10H,6-7,11-14H2,1H3/t20-/m0/s1. The van der Waals surface area contributed by atoms with Crippen molar-refractivity contribution in [3.05, 3.63) is 60.1 Å². The zero-order valence-electron chi connectivity index (χ0n) is 15.3. The van der Waals surface area contributed by atoms with Gasteiger partial charge >= 0.3 is 0 Å². The van der Waals surface area contributed by atoms with E-state index in [1.54, 1.807) is 0 Å². The van der Waals surface area contributed by atoms with Crippen LogP contribution >= 0.6 is 0 Å². The predicted octanol–water partition coefficient (Wildman–Crippen LogP) is 2.60. The highest BCUT2D eigenvalue weighted by Gasteiger charge is 2.43. The SMILES string of the molecule is Cn1cc(CN2CC[C@]3(C2)Cn2c(-c4ccc(F)cc4)cnc2CO3)cn1. The van der Waals surface area contributed by atoms with Gasteiger partial charge in [0.2, 0.25) is 0 Å². The van der Waals surface area contributed by atoms with Crippen LogP contribution in [0.4, 0.5) is 4.39 Å². The first-order valence-electron chi connectivity index (χ1n) is 9.24. The molecule has 0 N–H and O–H groups in total. The molecule has 1 fully saturated rings. The van der Waals surface area contributed by atoms with Crippen molar-refractivity contribution < 1.29 is 9.13 Å². The first-order chi connectivity index (χ1) is 13.1. The van der Waals surface area contributed by atoms with Gasteiger partial charge in [-0.05, 0) is 36.2 Å². The number of rotatable bonds is 3. The second kappa shape index (κ2) is 6.28. The molecule has 1 aromatic carbocycles. The average Bonchev–Trinajstić information content (AvgIpc) is 3.36. The molecular formula is C20H22FN5O. The third kappa shape index (κ3) is 3.07. The van der Waals surface area contributed by atoms with Gasteiger partial charge in [-0.3, -0.25) is 9.58 Å².